The van der Waals surface area contributed by atoms with Crippen LogP contribution in [0.5, 0.6) is 5.75 Å². The molecular weight excluding hydrogens is 284 g/mol. The van der Waals surface area contributed by atoms with Gasteiger partial charge in [0.1, 0.15) is 5.75 Å². The summed E-state index contributed by atoms with van der Waals surface area (Å²) in [6.07, 6.45) is 10.5. The molecule has 0 aliphatic heterocycles. The maximum atomic E-state index is 12.2. The smallest absolute Gasteiger partial charge is 0.166 e. The molecule has 0 aliphatic carbocycles. The highest BCUT2D eigenvalue weighted by Crippen LogP contribution is 2.24. The van der Waals surface area contributed by atoms with Crippen LogP contribution in [0.2, 0.25) is 5.02 Å². The molecule has 1 aromatic rings. The summed E-state index contributed by atoms with van der Waals surface area (Å²) in [5.41, 5.74) is 0.605. The minimum Gasteiger partial charge on any atom is -0.496 e. The Kier molecular flexibility index (Phi) is 9.16. The largest absolute Gasteiger partial charge is 0.496 e. The highest BCUT2D eigenvalue weighted by Gasteiger charge is 2.12. The molecule has 0 spiro atoms. The van der Waals surface area contributed by atoms with Gasteiger partial charge in [-0.05, 0) is 24.6 Å². The van der Waals surface area contributed by atoms with E-state index < -0.39 is 0 Å². The number of unbranched alkanes of at least 4 members (excludes halogenated alkanes) is 7. The predicted octanol–water partition coefficient (Wildman–Crippen LogP) is 6.06. The number of hydrogen-bond acceptors (Lipinski definition) is 2. The van der Waals surface area contributed by atoms with Crippen molar-refractivity contribution in [2.75, 3.05) is 7.11 Å². The van der Waals surface area contributed by atoms with Crippen LogP contribution >= 0.6 is 11.6 Å². The topological polar surface area (TPSA) is 26.3 Å². The minimum absolute atomic E-state index is 0.125. The van der Waals surface area contributed by atoms with E-state index in [9.17, 15) is 4.79 Å². The third kappa shape index (κ3) is 6.99. The van der Waals surface area contributed by atoms with Crippen molar-refractivity contribution in [1.82, 2.24) is 0 Å². The van der Waals surface area contributed by atoms with Gasteiger partial charge in [-0.25, -0.2) is 0 Å². The van der Waals surface area contributed by atoms with Crippen molar-refractivity contribution in [3.05, 3.63) is 28.8 Å². The standard InChI is InChI=1S/C18H27ClO2/c1-3-4-5-6-7-8-9-10-11-17(20)16-14-15(19)12-13-18(16)21-2/h12-14H,3-11H2,1-2H3. The van der Waals surface area contributed by atoms with E-state index >= 15 is 0 Å². The van der Waals surface area contributed by atoms with Gasteiger partial charge in [0.25, 0.3) is 0 Å². The van der Waals surface area contributed by atoms with Crippen molar-refractivity contribution in [3.8, 4) is 5.75 Å². The van der Waals surface area contributed by atoms with Gasteiger partial charge in [-0.3, -0.25) is 4.79 Å². The summed E-state index contributed by atoms with van der Waals surface area (Å²) >= 11 is 5.95. The average Bonchev–Trinajstić information content (AvgIpc) is 2.49. The lowest BCUT2D eigenvalue weighted by Gasteiger charge is -2.08. The second-order valence-electron chi connectivity index (χ2n) is 5.49. The predicted molar refractivity (Wildman–Crippen MR) is 89.6 cm³/mol. The molecule has 0 saturated carbocycles. The van der Waals surface area contributed by atoms with Crippen LogP contribution in [0.15, 0.2) is 18.2 Å². The van der Waals surface area contributed by atoms with Crippen molar-refractivity contribution in [2.45, 2.75) is 64.7 Å². The first-order chi connectivity index (χ1) is 10.2. The summed E-state index contributed by atoms with van der Waals surface area (Å²) < 4.78 is 5.22. The first-order valence-corrected chi connectivity index (χ1v) is 8.43. The van der Waals surface area contributed by atoms with E-state index in [-0.39, 0.29) is 5.78 Å². The van der Waals surface area contributed by atoms with Crippen LogP contribution < -0.4 is 4.74 Å². The lowest BCUT2D eigenvalue weighted by Crippen LogP contribution is -2.02. The number of benzene rings is 1. The Morgan fingerprint density at radius 3 is 2.29 bits per heavy atom. The summed E-state index contributed by atoms with van der Waals surface area (Å²) in [6.45, 7) is 2.23. The van der Waals surface area contributed by atoms with Gasteiger partial charge in [-0.15, -0.1) is 0 Å². The summed E-state index contributed by atoms with van der Waals surface area (Å²) in [5.74, 6) is 0.740. The Labute approximate surface area is 133 Å². The number of ketones is 1. The van der Waals surface area contributed by atoms with E-state index in [1.807, 2.05) is 0 Å². The fourth-order valence-electron chi connectivity index (χ4n) is 2.45. The molecule has 0 fully saturated rings. The average molecular weight is 311 g/mol. The Hall–Kier alpha value is -1.02. The van der Waals surface area contributed by atoms with E-state index in [2.05, 4.69) is 6.92 Å². The molecule has 21 heavy (non-hydrogen) atoms. The van der Waals surface area contributed by atoms with Crippen LogP contribution in [-0.2, 0) is 0 Å². The number of Topliss-reactive ketones (excluding diaryl/α,β-unsaturated/α-hetero) is 1. The molecule has 0 amide bonds. The van der Waals surface area contributed by atoms with Gasteiger partial charge >= 0.3 is 0 Å². The van der Waals surface area contributed by atoms with Gasteiger partial charge in [0.2, 0.25) is 0 Å². The van der Waals surface area contributed by atoms with Crippen molar-refractivity contribution in [2.24, 2.45) is 0 Å². The van der Waals surface area contributed by atoms with Crippen LogP contribution in [0.25, 0.3) is 0 Å². The maximum absolute atomic E-state index is 12.2. The molecule has 118 valence electrons. The van der Waals surface area contributed by atoms with Gasteiger partial charge in [0, 0.05) is 11.4 Å². The molecule has 0 heterocycles. The van der Waals surface area contributed by atoms with Crippen LogP contribution in [0.1, 0.15) is 75.1 Å². The molecule has 0 N–H and O–H groups in total. The fraction of sp³-hybridized carbons (Fsp3) is 0.611. The number of ether oxygens (including phenoxy) is 1. The van der Waals surface area contributed by atoms with E-state index in [0.29, 0.717) is 22.8 Å². The molecule has 0 saturated heterocycles. The first-order valence-electron chi connectivity index (χ1n) is 8.05. The van der Waals surface area contributed by atoms with Gasteiger partial charge < -0.3 is 4.74 Å². The van der Waals surface area contributed by atoms with E-state index in [0.717, 1.165) is 12.8 Å². The van der Waals surface area contributed by atoms with Crippen LogP contribution in [0.4, 0.5) is 0 Å². The number of halogens is 1. The quantitative estimate of drug-likeness (QED) is 0.366. The molecule has 0 aliphatic rings. The molecule has 0 radical (unpaired) electrons. The van der Waals surface area contributed by atoms with Crippen LogP contribution in [0, 0.1) is 0 Å². The Bertz CT molecular complexity index is 429. The second-order valence-corrected chi connectivity index (χ2v) is 5.93. The number of methoxy groups -OCH3 is 1. The zero-order valence-electron chi connectivity index (χ0n) is 13.3. The molecule has 1 rings (SSSR count). The molecule has 2 nitrogen and oxygen atoms in total. The first kappa shape index (κ1) is 18.0. The Balaban J connectivity index is 2.26. The Morgan fingerprint density at radius 2 is 1.67 bits per heavy atom. The number of rotatable bonds is 11. The molecular formula is C18H27ClO2. The third-order valence-electron chi connectivity index (χ3n) is 3.72. The maximum Gasteiger partial charge on any atom is 0.166 e. The minimum atomic E-state index is 0.125. The zero-order valence-corrected chi connectivity index (χ0v) is 14.0. The number of hydrogen-bond donors (Lipinski definition) is 0. The SMILES string of the molecule is CCCCCCCCCCC(=O)c1cc(Cl)ccc1OC. The third-order valence-corrected chi connectivity index (χ3v) is 3.95. The highest BCUT2D eigenvalue weighted by atomic mass is 35.5. The molecule has 1 aromatic carbocycles. The molecule has 0 atom stereocenters. The number of carbonyl (C=O) groups excluding carboxylic acids is 1. The highest BCUT2D eigenvalue weighted by molar-refractivity contribution is 6.31. The van der Waals surface area contributed by atoms with Crippen LogP contribution in [0.3, 0.4) is 0 Å². The summed E-state index contributed by atoms with van der Waals surface area (Å²) in [7, 11) is 1.58. The lowest BCUT2D eigenvalue weighted by atomic mass is 10.0. The van der Waals surface area contributed by atoms with Crippen molar-refractivity contribution < 1.29 is 9.53 Å². The summed E-state index contributed by atoms with van der Waals surface area (Å²) in [5, 5.41) is 0.579. The van der Waals surface area contributed by atoms with Gasteiger partial charge in [0.15, 0.2) is 5.78 Å². The van der Waals surface area contributed by atoms with Crippen molar-refractivity contribution in [1.29, 1.82) is 0 Å². The summed E-state index contributed by atoms with van der Waals surface area (Å²) in [4.78, 5) is 12.2. The van der Waals surface area contributed by atoms with E-state index in [1.54, 1.807) is 25.3 Å². The van der Waals surface area contributed by atoms with Crippen molar-refractivity contribution in [3.63, 3.8) is 0 Å². The lowest BCUT2D eigenvalue weighted by molar-refractivity contribution is 0.0976. The van der Waals surface area contributed by atoms with Gasteiger partial charge in [0.05, 0.1) is 12.7 Å². The van der Waals surface area contributed by atoms with Crippen molar-refractivity contribution >= 4 is 17.4 Å². The van der Waals surface area contributed by atoms with E-state index in [1.165, 1.54) is 38.5 Å². The molecule has 0 bridgehead atoms. The summed E-state index contributed by atoms with van der Waals surface area (Å²) in [6, 6.07) is 5.20. The Morgan fingerprint density at radius 1 is 1.05 bits per heavy atom. The normalized spacial score (nSPS) is 10.6. The molecule has 3 heteroatoms. The monoisotopic (exact) mass is 310 g/mol. The van der Waals surface area contributed by atoms with E-state index in [4.69, 9.17) is 16.3 Å². The molecule has 0 aromatic heterocycles. The molecule has 0 unspecified atom stereocenters. The van der Waals surface area contributed by atoms with Gasteiger partial charge in [-0.1, -0.05) is 63.5 Å². The second kappa shape index (κ2) is 10.7. The van der Waals surface area contributed by atoms with Gasteiger partial charge in [-0.2, -0.15) is 0 Å². The fourth-order valence-corrected chi connectivity index (χ4v) is 2.62. The zero-order chi connectivity index (χ0) is 15.5. The van der Waals surface area contributed by atoms with Crippen LogP contribution in [-0.4, -0.2) is 12.9 Å². The number of carbonyl (C=O) groups is 1.